The van der Waals surface area contributed by atoms with Gasteiger partial charge >= 0.3 is 5.97 Å². The lowest BCUT2D eigenvalue weighted by atomic mass is 9.90. The van der Waals surface area contributed by atoms with Gasteiger partial charge in [0.25, 0.3) is 11.8 Å². The molecule has 1 unspecified atom stereocenters. The number of benzene rings is 1. The highest BCUT2D eigenvalue weighted by Gasteiger charge is 2.43. The summed E-state index contributed by atoms with van der Waals surface area (Å²) in [6.07, 6.45) is 2.92. The number of carboxylic acid groups (broad SMARTS) is 1. The van der Waals surface area contributed by atoms with Crippen LogP contribution in [-0.4, -0.2) is 50.8 Å². The van der Waals surface area contributed by atoms with E-state index in [1.807, 2.05) is 0 Å². The summed E-state index contributed by atoms with van der Waals surface area (Å²) in [4.78, 5) is 46.0. The number of nitrogens with zero attached hydrogens (tertiary/aromatic N) is 3. The monoisotopic (exact) mass is 386 g/mol. The molecule has 0 saturated carbocycles. The minimum atomic E-state index is -1.02. The first-order valence-corrected chi connectivity index (χ1v) is 8.66. The van der Waals surface area contributed by atoms with Crippen molar-refractivity contribution in [1.29, 1.82) is 0 Å². The van der Waals surface area contributed by atoms with Gasteiger partial charge in [-0.1, -0.05) is 12.1 Å². The Hall–Kier alpha value is -3.36. The van der Waals surface area contributed by atoms with E-state index in [0.717, 1.165) is 0 Å². The van der Waals surface area contributed by atoms with E-state index in [9.17, 15) is 23.9 Å². The summed E-state index contributed by atoms with van der Waals surface area (Å²) in [5.74, 6) is -2.49. The maximum absolute atomic E-state index is 13.0. The largest absolute Gasteiger partial charge is 0.481 e. The van der Waals surface area contributed by atoms with Crippen LogP contribution >= 0.6 is 0 Å². The normalized spacial score (nSPS) is 18.7. The van der Waals surface area contributed by atoms with Gasteiger partial charge in [0.2, 0.25) is 0 Å². The van der Waals surface area contributed by atoms with E-state index in [2.05, 4.69) is 15.3 Å². The topological polar surface area (TPSA) is 112 Å². The summed E-state index contributed by atoms with van der Waals surface area (Å²) in [5, 5.41) is 12.0. The van der Waals surface area contributed by atoms with Gasteiger partial charge in [0.05, 0.1) is 5.41 Å². The molecule has 1 fully saturated rings. The van der Waals surface area contributed by atoms with Gasteiger partial charge in [0, 0.05) is 32.0 Å². The number of carbonyl (C=O) groups excluding carboxylic acids is 2. The smallest absolute Gasteiger partial charge is 0.311 e. The Morgan fingerprint density at radius 3 is 2.43 bits per heavy atom. The van der Waals surface area contributed by atoms with Gasteiger partial charge in [-0.2, -0.15) is 0 Å². The molecule has 3 rings (SSSR count). The number of hydrogen-bond donors (Lipinski definition) is 2. The molecule has 8 nitrogen and oxygen atoms in total. The van der Waals surface area contributed by atoms with Gasteiger partial charge in [-0.05, 0) is 31.0 Å². The van der Waals surface area contributed by atoms with Crippen molar-refractivity contribution in [2.45, 2.75) is 19.9 Å². The average Bonchev–Trinajstić information content (AvgIpc) is 3.10. The Morgan fingerprint density at radius 2 is 1.82 bits per heavy atom. The standard InChI is InChI=1S/C19H19FN4O4/c1-19(18(27)28)6-9-24(11-19)17(26)15-14(21-7-8-22-15)16(25)23-10-12-2-4-13(20)5-3-12/h2-5,7-8H,6,9-11H2,1H3,(H,23,25)(H,27,28). The van der Waals surface area contributed by atoms with Crippen molar-refractivity contribution in [3.8, 4) is 0 Å². The van der Waals surface area contributed by atoms with Crippen LogP contribution in [0.3, 0.4) is 0 Å². The molecule has 9 heteroatoms. The third-order valence-corrected chi connectivity index (χ3v) is 4.76. The number of halogens is 1. The van der Waals surface area contributed by atoms with E-state index >= 15 is 0 Å². The second-order valence-electron chi connectivity index (χ2n) is 6.91. The molecule has 0 aliphatic carbocycles. The summed E-state index contributed by atoms with van der Waals surface area (Å²) in [6, 6.07) is 5.64. The maximum atomic E-state index is 13.0. The molecule has 1 aliphatic rings. The Kier molecular flexibility index (Phi) is 5.34. The number of carboxylic acids is 1. The van der Waals surface area contributed by atoms with Crippen LogP contribution in [0.15, 0.2) is 36.7 Å². The SMILES string of the molecule is CC1(C(=O)O)CCN(C(=O)c2nccnc2C(=O)NCc2ccc(F)cc2)C1. The fourth-order valence-corrected chi connectivity index (χ4v) is 2.99. The third kappa shape index (κ3) is 3.98. The molecule has 2 heterocycles. The van der Waals surface area contributed by atoms with Crippen molar-refractivity contribution < 1.29 is 23.9 Å². The van der Waals surface area contributed by atoms with Crippen LogP contribution in [0, 0.1) is 11.2 Å². The molecule has 1 saturated heterocycles. The number of aliphatic carboxylic acids is 1. The number of hydrogen-bond acceptors (Lipinski definition) is 5. The summed E-state index contributed by atoms with van der Waals surface area (Å²) in [5.41, 5.74) is -0.612. The second-order valence-corrected chi connectivity index (χ2v) is 6.91. The van der Waals surface area contributed by atoms with Crippen LogP contribution in [0.5, 0.6) is 0 Å². The van der Waals surface area contributed by atoms with Crippen molar-refractivity contribution in [1.82, 2.24) is 20.2 Å². The first kappa shape index (κ1) is 19.4. The Bertz CT molecular complexity index is 918. The van der Waals surface area contributed by atoms with Gasteiger partial charge in [0.15, 0.2) is 11.4 Å². The van der Waals surface area contributed by atoms with E-state index in [1.54, 1.807) is 6.92 Å². The van der Waals surface area contributed by atoms with Gasteiger partial charge in [-0.25, -0.2) is 14.4 Å². The molecule has 0 radical (unpaired) electrons. The molecular formula is C19H19FN4O4. The van der Waals surface area contributed by atoms with Crippen LogP contribution in [-0.2, 0) is 11.3 Å². The zero-order valence-electron chi connectivity index (χ0n) is 15.2. The molecule has 1 atom stereocenters. The molecule has 2 aromatic rings. The van der Waals surface area contributed by atoms with Gasteiger partial charge in [-0.3, -0.25) is 14.4 Å². The zero-order chi connectivity index (χ0) is 20.3. The highest BCUT2D eigenvalue weighted by molar-refractivity contribution is 6.04. The predicted octanol–water partition coefficient (Wildman–Crippen LogP) is 1.48. The molecule has 2 N–H and O–H groups in total. The third-order valence-electron chi connectivity index (χ3n) is 4.76. The molecule has 28 heavy (non-hydrogen) atoms. The number of likely N-dealkylation sites (tertiary alicyclic amines) is 1. The molecule has 1 aromatic carbocycles. The zero-order valence-corrected chi connectivity index (χ0v) is 15.2. The van der Waals surface area contributed by atoms with Crippen molar-refractivity contribution in [3.05, 3.63) is 59.4 Å². The summed E-state index contributed by atoms with van der Waals surface area (Å²) in [7, 11) is 0. The molecule has 2 amide bonds. The summed E-state index contributed by atoms with van der Waals surface area (Å²) in [6.45, 7) is 2.00. The second kappa shape index (κ2) is 7.71. The highest BCUT2D eigenvalue weighted by Crippen LogP contribution is 2.31. The molecule has 146 valence electrons. The van der Waals surface area contributed by atoms with Gasteiger partial charge in [0.1, 0.15) is 5.82 Å². The number of nitrogens with one attached hydrogen (secondary N) is 1. The van der Waals surface area contributed by atoms with E-state index in [0.29, 0.717) is 12.0 Å². The minimum absolute atomic E-state index is 0.0361. The Morgan fingerprint density at radius 1 is 1.18 bits per heavy atom. The van der Waals surface area contributed by atoms with Crippen LogP contribution in [0.2, 0.25) is 0 Å². The molecule has 1 aliphatic heterocycles. The summed E-state index contributed by atoms with van der Waals surface area (Å²) >= 11 is 0. The lowest BCUT2D eigenvalue weighted by Gasteiger charge is -2.20. The van der Waals surface area contributed by atoms with Gasteiger partial charge < -0.3 is 15.3 Å². The van der Waals surface area contributed by atoms with Crippen LogP contribution in [0.4, 0.5) is 4.39 Å². The fraction of sp³-hybridized carbons (Fsp3) is 0.316. The lowest BCUT2D eigenvalue weighted by Crippen LogP contribution is -2.36. The Balaban J connectivity index is 1.73. The van der Waals surface area contributed by atoms with Crippen LogP contribution in [0.25, 0.3) is 0 Å². The first-order valence-electron chi connectivity index (χ1n) is 8.66. The molecular weight excluding hydrogens is 367 g/mol. The summed E-state index contributed by atoms with van der Waals surface area (Å²) < 4.78 is 13.0. The van der Waals surface area contributed by atoms with Crippen molar-refractivity contribution in [2.75, 3.05) is 13.1 Å². The van der Waals surface area contributed by atoms with Crippen molar-refractivity contribution in [2.24, 2.45) is 5.41 Å². The van der Waals surface area contributed by atoms with E-state index < -0.39 is 23.2 Å². The number of carbonyl (C=O) groups is 3. The minimum Gasteiger partial charge on any atom is -0.481 e. The first-order chi connectivity index (χ1) is 13.3. The number of aromatic nitrogens is 2. The van der Waals surface area contributed by atoms with Crippen LogP contribution < -0.4 is 5.32 Å². The molecule has 0 spiro atoms. The lowest BCUT2D eigenvalue weighted by molar-refractivity contribution is -0.147. The molecule has 1 aromatic heterocycles. The molecule has 0 bridgehead atoms. The predicted molar refractivity (Wildman–Crippen MR) is 95.9 cm³/mol. The van der Waals surface area contributed by atoms with E-state index in [-0.39, 0.29) is 36.8 Å². The van der Waals surface area contributed by atoms with Gasteiger partial charge in [-0.15, -0.1) is 0 Å². The van der Waals surface area contributed by atoms with Crippen LogP contribution in [0.1, 0.15) is 39.9 Å². The average molecular weight is 386 g/mol. The fourth-order valence-electron chi connectivity index (χ4n) is 2.99. The quantitative estimate of drug-likeness (QED) is 0.805. The number of rotatable bonds is 5. The van der Waals surface area contributed by atoms with E-state index in [1.165, 1.54) is 41.6 Å². The Labute approximate surface area is 160 Å². The maximum Gasteiger partial charge on any atom is 0.311 e. The van der Waals surface area contributed by atoms with Crippen molar-refractivity contribution in [3.63, 3.8) is 0 Å². The van der Waals surface area contributed by atoms with E-state index in [4.69, 9.17) is 0 Å². The highest BCUT2D eigenvalue weighted by atomic mass is 19.1. The van der Waals surface area contributed by atoms with Crippen molar-refractivity contribution >= 4 is 17.8 Å². The number of amides is 2.